The predicted molar refractivity (Wildman–Crippen MR) is 142 cm³/mol. The van der Waals surface area contributed by atoms with Gasteiger partial charge in [-0.2, -0.15) is 0 Å². The van der Waals surface area contributed by atoms with Crippen molar-refractivity contribution in [3.63, 3.8) is 0 Å². The Hall–Kier alpha value is -3.95. The first-order valence-corrected chi connectivity index (χ1v) is 13.1. The standard InChI is InChI=1S/C28H33N5O5/c1-15(12-18-8-6-7-11-32(18)14-21-19-13-20(21)16(19)2)33-23-10-5-4-9-22(23)30-24(27(33)35)25(28(36)37)31-38-17(3)26(29)34/h4-5,9-10,14-15,17-20H,2,6-8,11-13H2,1,3H3,(H2,29,34)(H,36,37)/b21-14?,31-25-/t15-,17?,18-,19?,20?/m0/s1. The molecular formula is C28H33N5O5. The number of rotatable bonds is 9. The van der Waals surface area contributed by atoms with Crippen LogP contribution in [0.4, 0.5) is 0 Å². The summed E-state index contributed by atoms with van der Waals surface area (Å²) in [6, 6.07) is 7.14. The normalized spacial score (nSPS) is 24.3. The van der Waals surface area contributed by atoms with Crippen molar-refractivity contribution in [2.75, 3.05) is 6.54 Å². The fraction of sp³-hybridized carbons (Fsp3) is 0.464. The highest BCUT2D eigenvalue weighted by atomic mass is 16.6. The van der Waals surface area contributed by atoms with Gasteiger partial charge in [0, 0.05) is 30.5 Å². The lowest BCUT2D eigenvalue weighted by atomic mass is 9.49. The number of carbonyl (C=O) groups is 2. The number of likely N-dealkylation sites (tertiary alicyclic amines) is 1. The summed E-state index contributed by atoms with van der Waals surface area (Å²) in [7, 11) is 0. The van der Waals surface area contributed by atoms with Gasteiger partial charge in [0.25, 0.3) is 11.5 Å². The largest absolute Gasteiger partial charge is 0.476 e. The van der Waals surface area contributed by atoms with Crippen LogP contribution in [0.5, 0.6) is 0 Å². The fourth-order valence-corrected chi connectivity index (χ4v) is 5.74. The number of carboxylic acid groups (broad SMARTS) is 1. The van der Waals surface area contributed by atoms with E-state index >= 15 is 0 Å². The second-order valence-corrected chi connectivity index (χ2v) is 10.5. The number of para-hydroxylation sites is 2. The van der Waals surface area contributed by atoms with Crippen molar-refractivity contribution in [2.24, 2.45) is 22.7 Å². The Bertz CT molecular complexity index is 1410. The van der Waals surface area contributed by atoms with E-state index < -0.39 is 29.3 Å². The highest BCUT2D eigenvalue weighted by Crippen LogP contribution is 2.61. The molecule has 10 nitrogen and oxygen atoms in total. The van der Waals surface area contributed by atoms with Gasteiger partial charge in [0.1, 0.15) is 0 Å². The first-order valence-electron chi connectivity index (χ1n) is 13.1. The summed E-state index contributed by atoms with van der Waals surface area (Å²) in [5.74, 6) is -1.22. The zero-order valence-corrected chi connectivity index (χ0v) is 21.7. The molecule has 1 aromatic carbocycles. The average Bonchev–Trinajstić information content (AvgIpc) is 2.86. The molecule has 0 radical (unpaired) electrons. The average molecular weight is 520 g/mol. The number of piperidine rings is 1. The number of amides is 1. The van der Waals surface area contributed by atoms with Gasteiger partial charge in [0.2, 0.25) is 11.8 Å². The van der Waals surface area contributed by atoms with Gasteiger partial charge >= 0.3 is 5.97 Å². The van der Waals surface area contributed by atoms with Crippen molar-refractivity contribution in [2.45, 2.75) is 64.1 Å². The van der Waals surface area contributed by atoms with Gasteiger partial charge < -0.3 is 25.1 Å². The molecule has 200 valence electrons. The van der Waals surface area contributed by atoms with Gasteiger partial charge in [-0.05, 0) is 69.9 Å². The minimum atomic E-state index is -1.49. The van der Waals surface area contributed by atoms with Crippen molar-refractivity contribution in [3.8, 4) is 0 Å². The summed E-state index contributed by atoms with van der Waals surface area (Å²) < 4.78 is 1.61. The smallest absolute Gasteiger partial charge is 0.360 e. The highest BCUT2D eigenvalue weighted by Gasteiger charge is 2.51. The number of hydrogen-bond donors (Lipinski definition) is 2. The van der Waals surface area contributed by atoms with E-state index in [1.807, 2.05) is 13.0 Å². The van der Waals surface area contributed by atoms with Crippen LogP contribution in [0.1, 0.15) is 57.7 Å². The van der Waals surface area contributed by atoms with E-state index in [2.05, 4.69) is 27.8 Å². The highest BCUT2D eigenvalue weighted by molar-refractivity contribution is 6.41. The summed E-state index contributed by atoms with van der Waals surface area (Å²) in [5, 5.41) is 13.4. The molecule has 2 bridgehead atoms. The molecule has 4 aliphatic rings. The molecule has 38 heavy (non-hydrogen) atoms. The second-order valence-electron chi connectivity index (χ2n) is 10.5. The van der Waals surface area contributed by atoms with Crippen LogP contribution < -0.4 is 11.3 Å². The molecule has 3 aliphatic carbocycles. The summed E-state index contributed by atoms with van der Waals surface area (Å²) >= 11 is 0. The molecule has 0 spiro atoms. The third-order valence-electron chi connectivity index (χ3n) is 8.14. The van der Waals surface area contributed by atoms with Crippen molar-refractivity contribution in [1.29, 1.82) is 0 Å². The zero-order chi connectivity index (χ0) is 27.1. The first kappa shape index (κ1) is 25.7. The van der Waals surface area contributed by atoms with Crippen molar-refractivity contribution >= 4 is 28.6 Å². The number of aromatic nitrogens is 2. The number of nitrogens with zero attached hydrogens (tertiary/aromatic N) is 4. The molecule has 4 fully saturated rings. The first-order chi connectivity index (χ1) is 18.2. The van der Waals surface area contributed by atoms with Crippen LogP contribution in [-0.4, -0.2) is 55.8 Å². The third kappa shape index (κ3) is 4.48. The SMILES string of the molecule is C=C1C2CC1C2=CN1CCCC[C@H]1C[C@H](C)n1c(=O)c(/C(=N/OC(C)C(N)=O)C(=O)O)nc2ccccc21. The molecule has 1 aliphatic heterocycles. The van der Waals surface area contributed by atoms with Crippen LogP contribution in [-0.2, 0) is 14.4 Å². The Morgan fingerprint density at radius 3 is 2.68 bits per heavy atom. The summed E-state index contributed by atoms with van der Waals surface area (Å²) in [6.45, 7) is 8.46. The van der Waals surface area contributed by atoms with Crippen LogP contribution >= 0.6 is 0 Å². The number of nitrogens with two attached hydrogens (primary N) is 1. The third-order valence-corrected chi connectivity index (χ3v) is 8.14. The van der Waals surface area contributed by atoms with Crippen molar-refractivity contribution in [3.05, 3.63) is 64.2 Å². The number of primary amides is 1. The van der Waals surface area contributed by atoms with E-state index in [9.17, 15) is 19.5 Å². The van der Waals surface area contributed by atoms with Crippen molar-refractivity contribution in [1.82, 2.24) is 14.5 Å². The number of carboxylic acids is 1. The Morgan fingerprint density at radius 1 is 1.29 bits per heavy atom. The number of oxime groups is 1. The number of fused-ring (bicyclic) bond motifs is 1. The molecule has 1 amide bonds. The van der Waals surface area contributed by atoms with Gasteiger partial charge in [-0.1, -0.05) is 29.4 Å². The molecule has 1 saturated heterocycles. The lowest BCUT2D eigenvalue weighted by Gasteiger charge is -2.56. The summed E-state index contributed by atoms with van der Waals surface area (Å²) in [6.07, 6.45) is 6.37. The number of benzene rings is 1. The lowest BCUT2D eigenvalue weighted by molar-refractivity contribution is -0.131. The van der Waals surface area contributed by atoms with Gasteiger partial charge in [0.15, 0.2) is 5.69 Å². The van der Waals surface area contributed by atoms with E-state index in [1.54, 1.807) is 22.8 Å². The second kappa shape index (κ2) is 10.1. The maximum absolute atomic E-state index is 13.8. The molecule has 2 heterocycles. The van der Waals surface area contributed by atoms with Crippen LogP contribution in [0.25, 0.3) is 11.0 Å². The maximum Gasteiger partial charge on any atom is 0.360 e. The van der Waals surface area contributed by atoms with Crippen molar-refractivity contribution < 1.29 is 19.5 Å². The van der Waals surface area contributed by atoms with Crippen LogP contribution in [0.3, 0.4) is 0 Å². The van der Waals surface area contributed by atoms with E-state index in [-0.39, 0.29) is 17.8 Å². The predicted octanol–water partition coefficient (Wildman–Crippen LogP) is 2.97. The van der Waals surface area contributed by atoms with Crippen LogP contribution in [0, 0.1) is 11.8 Å². The number of allylic oxidation sites excluding steroid dienone is 2. The fourth-order valence-electron chi connectivity index (χ4n) is 5.74. The number of hydrogen-bond acceptors (Lipinski definition) is 7. The van der Waals surface area contributed by atoms with E-state index in [0.29, 0.717) is 29.3 Å². The number of carbonyl (C=O) groups excluding carboxylic acids is 1. The topological polar surface area (TPSA) is 140 Å². The lowest BCUT2D eigenvalue weighted by Crippen LogP contribution is -2.47. The molecule has 3 saturated carbocycles. The van der Waals surface area contributed by atoms with E-state index in [4.69, 9.17) is 10.6 Å². The van der Waals surface area contributed by atoms with E-state index in [1.165, 1.54) is 24.5 Å². The Balaban J connectivity index is 1.49. The van der Waals surface area contributed by atoms with Gasteiger partial charge in [0.05, 0.1) is 11.0 Å². The summed E-state index contributed by atoms with van der Waals surface area (Å²) in [4.78, 5) is 48.9. The van der Waals surface area contributed by atoms with Crippen LogP contribution in [0.2, 0.25) is 0 Å². The van der Waals surface area contributed by atoms with Gasteiger partial charge in [-0.3, -0.25) is 9.59 Å². The van der Waals surface area contributed by atoms with Gasteiger partial charge in [-0.25, -0.2) is 9.78 Å². The minimum Gasteiger partial charge on any atom is -0.476 e. The molecule has 6 rings (SSSR count). The minimum absolute atomic E-state index is 0.246. The molecule has 10 heteroatoms. The molecule has 3 unspecified atom stereocenters. The molecule has 1 aromatic heterocycles. The Kier molecular flexibility index (Phi) is 6.81. The quantitative estimate of drug-likeness (QED) is 0.295. The zero-order valence-electron chi connectivity index (χ0n) is 21.7. The molecule has 5 atom stereocenters. The molecule has 2 aromatic rings. The molecule has 3 N–H and O–H groups in total. The number of aliphatic carboxylic acids is 1. The maximum atomic E-state index is 13.8. The Labute approximate surface area is 220 Å². The Morgan fingerprint density at radius 2 is 2.03 bits per heavy atom. The summed E-state index contributed by atoms with van der Waals surface area (Å²) in [5.41, 5.74) is 7.49. The van der Waals surface area contributed by atoms with E-state index in [0.717, 1.165) is 25.8 Å². The monoisotopic (exact) mass is 519 g/mol. The van der Waals surface area contributed by atoms with Gasteiger partial charge in [-0.15, -0.1) is 0 Å². The molecular weight excluding hydrogens is 486 g/mol. The van der Waals surface area contributed by atoms with Crippen LogP contribution in [0.15, 0.2) is 58.1 Å².